The molecule has 1 amide bonds. The minimum Gasteiger partial charge on any atom is -0.392 e. The maximum atomic E-state index is 13.3. The van der Waals surface area contributed by atoms with Crippen LogP contribution in [0.25, 0.3) is 0 Å². The first kappa shape index (κ1) is 11.6. The highest BCUT2D eigenvalue weighted by atomic mass is 19.1. The maximum Gasteiger partial charge on any atom is 0.238 e. The summed E-state index contributed by atoms with van der Waals surface area (Å²) in [6.07, 6.45) is 0. The van der Waals surface area contributed by atoms with E-state index < -0.39 is 5.82 Å². The summed E-state index contributed by atoms with van der Waals surface area (Å²) >= 11 is 0. The summed E-state index contributed by atoms with van der Waals surface area (Å²) in [4.78, 5) is 11.1. The minimum absolute atomic E-state index is 0.118. The molecule has 0 aliphatic heterocycles. The number of carbonyl (C=O) groups excluding carboxylic acids is 1. The normalized spacial score (nSPS) is 10.1. The molecule has 0 heterocycles. The van der Waals surface area contributed by atoms with E-state index in [9.17, 15) is 9.18 Å². The fourth-order valence-electron chi connectivity index (χ4n) is 1.11. The van der Waals surface area contributed by atoms with E-state index in [1.165, 1.54) is 12.1 Å². The van der Waals surface area contributed by atoms with Crippen molar-refractivity contribution in [2.75, 3.05) is 18.9 Å². The van der Waals surface area contributed by atoms with E-state index in [1.807, 2.05) is 0 Å². The highest BCUT2D eigenvalue weighted by Crippen LogP contribution is 2.15. The van der Waals surface area contributed by atoms with Crippen molar-refractivity contribution in [1.82, 2.24) is 5.32 Å². The third kappa shape index (κ3) is 3.30. The molecule has 0 aliphatic carbocycles. The Hall–Kier alpha value is -1.46. The summed E-state index contributed by atoms with van der Waals surface area (Å²) in [5.41, 5.74) is 0.589. The summed E-state index contributed by atoms with van der Waals surface area (Å²) in [6.45, 7) is -0.0944. The molecule has 1 aromatic rings. The second kappa shape index (κ2) is 5.43. The van der Waals surface area contributed by atoms with Crippen LogP contribution < -0.4 is 10.6 Å². The SMILES string of the molecule is CNCC(=O)Nc1ccc(CO)cc1F. The average Bonchev–Trinajstić information content (AvgIpc) is 2.21. The van der Waals surface area contributed by atoms with E-state index in [1.54, 1.807) is 13.1 Å². The molecule has 15 heavy (non-hydrogen) atoms. The van der Waals surface area contributed by atoms with Gasteiger partial charge in [0.05, 0.1) is 18.8 Å². The van der Waals surface area contributed by atoms with E-state index >= 15 is 0 Å². The van der Waals surface area contributed by atoms with Gasteiger partial charge in [0.15, 0.2) is 0 Å². The second-order valence-corrected chi connectivity index (χ2v) is 3.05. The van der Waals surface area contributed by atoms with Crippen LogP contribution in [0.15, 0.2) is 18.2 Å². The number of hydrogen-bond acceptors (Lipinski definition) is 3. The molecule has 0 aliphatic rings. The summed E-state index contributed by atoms with van der Waals surface area (Å²) < 4.78 is 13.3. The molecule has 0 saturated carbocycles. The third-order valence-electron chi connectivity index (χ3n) is 1.83. The highest BCUT2D eigenvalue weighted by Gasteiger charge is 2.06. The van der Waals surface area contributed by atoms with Gasteiger partial charge in [0.1, 0.15) is 5.82 Å². The van der Waals surface area contributed by atoms with Crippen LogP contribution in [0.5, 0.6) is 0 Å². The van der Waals surface area contributed by atoms with E-state index in [4.69, 9.17) is 5.11 Å². The molecule has 82 valence electrons. The summed E-state index contributed by atoms with van der Waals surface area (Å²) in [7, 11) is 1.63. The number of halogens is 1. The van der Waals surface area contributed by atoms with E-state index in [2.05, 4.69) is 10.6 Å². The van der Waals surface area contributed by atoms with Crippen LogP contribution in [0.3, 0.4) is 0 Å². The molecular weight excluding hydrogens is 199 g/mol. The highest BCUT2D eigenvalue weighted by molar-refractivity contribution is 5.92. The van der Waals surface area contributed by atoms with Gasteiger partial charge in [-0.3, -0.25) is 4.79 Å². The number of rotatable bonds is 4. The van der Waals surface area contributed by atoms with Gasteiger partial charge in [0.2, 0.25) is 5.91 Å². The average molecular weight is 212 g/mol. The van der Waals surface area contributed by atoms with Gasteiger partial charge in [-0.05, 0) is 24.7 Å². The second-order valence-electron chi connectivity index (χ2n) is 3.05. The molecular formula is C10H13FN2O2. The first-order valence-electron chi connectivity index (χ1n) is 4.51. The van der Waals surface area contributed by atoms with Gasteiger partial charge in [0.25, 0.3) is 0 Å². The maximum absolute atomic E-state index is 13.3. The van der Waals surface area contributed by atoms with Crippen LogP contribution in [0.2, 0.25) is 0 Å². The Morgan fingerprint density at radius 1 is 1.53 bits per heavy atom. The Morgan fingerprint density at radius 3 is 2.80 bits per heavy atom. The van der Waals surface area contributed by atoms with Crippen molar-refractivity contribution in [3.8, 4) is 0 Å². The quantitative estimate of drug-likeness (QED) is 0.680. The van der Waals surface area contributed by atoms with E-state index in [-0.39, 0.29) is 24.7 Å². The number of amides is 1. The lowest BCUT2D eigenvalue weighted by molar-refractivity contribution is -0.115. The van der Waals surface area contributed by atoms with Crippen LogP contribution in [0.1, 0.15) is 5.56 Å². The predicted molar refractivity (Wildman–Crippen MR) is 54.9 cm³/mol. The van der Waals surface area contributed by atoms with Crippen molar-refractivity contribution in [2.24, 2.45) is 0 Å². The molecule has 0 saturated heterocycles. The summed E-state index contributed by atoms with van der Waals surface area (Å²) in [6, 6.07) is 4.17. The van der Waals surface area contributed by atoms with Crippen LogP contribution in [0, 0.1) is 5.82 Å². The number of nitrogens with one attached hydrogen (secondary N) is 2. The molecule has 3 N–H and O–H groups in total. The number of hydrogen-bond donors (Lipinski definition) is 3. The van der Waals surface area contributed by atoms with Crippen LogP contribution in [0.4, 0.5) is 10.1 Å². The van der Waals surface area contributed by atoms with Gasteiger partial charge in [-0.1, -0.05) is 6.07 Å². The lowest BCUT2D eigenvalue weighted by Gasteiger charge is -2.06. The Labute approximate surface area is 87.1 Å². The Bertz CT molecular complexity index is 355. The lowest BCUT2D eigenvalue weighted by atomic mass is 10.2. The molecule has 0 aromatic heterocycles. The minimum atomic E-state index is -0.550. The van der Waals surface area contributed by atoms with Gasteiger partial charge in [-0.15, -0.1) is 0 Å². The number of anilines is 1. The third-order valence-corrected chi connectivity index (χ3v) is 1.83. The zero-order valence-corrected chi connectivity index (χ0v) is 8.38. The molecule has 1 aromatic carbocycles. The number of carbonyl (C=O) groups is 1. The smallest absolute Gasteiger partial charge is 0.238 e. The van der Waals surface area contributed by atoms with Crippen LogP contribution >= 0.6 is 0 Å². The Morgan fingerprint density at radius 2 is 2.27 bits per heavy atom. The van der Waals surface area contributed by atoms with Gasteiger partial charge in [-0.2, -0.15) is 0 Å². The number of aliphatic hydroxyl groups is 1. The molecule has 0 atom stereocenters. The van der Waals surface area contributed by atoms with Crippen LogP contribution in [-0.4, -0.2) is 24.6 Å². The monoisotopic (exact) mass is 212 g/mol. The summed E-state index contributed by atoms with van der Waals surface area (Å²) in [5, 5.41) is 13.8. The van der Waals surface area contributed by atoms with E-state index in [0.717, 1.165) is 0 Å². The molecule has 0 fully saturated rings. The van der Waals surface area contributed by atoms with Gasteiger partial charge in [-0.25, -0.2) is 4.39 Å². The zero-order chi connectivity index (χ0) is 11.3. The molecule has 0 unspecified atom stereocenters. The zero-order valence-electron chi connectivity index (χ0n) is 8.38. The van der Waals surface area contributed by atoms with Crippen molar-refractivity contribution in [2.45, 2.75) is 6.61 Å². The van der Waals surface area contributed by atoms with E-state index in [0.29, 0.717) is 5.56 Å². The van der Waals surface area contributed by atoms with Crippen molar-refractivity contribution in [3.63, 3.8) is 0 Å². The number of benzene rings is 1. The van der Waals surface area contributed by atoms with Crippen LogP contribution in [-0.2, 0) is 11.4 Å². The standard InChI is InChI=1S/C10H13FN2O2/c1-12-5-10(15)13-9-3-2-7(6-14)4-8(9)11/h2-4,12,14H,5-6H2,1H3,(H,13,15). The fourth-order valence-corrected chi connectivity index (χ4v) is 1.11. The number of aliphatic hydroxyl groups excluding tert-OH is 1. The van der Waals surface area contributed by atoms with Crippen molar-refractivity contribution >= 4 is 11.6 Å². The lowest BCUT2D eigenvalue weighted by Crippen LogP contribution is -2.25. The van der Waals surface area contributed by atoms with Crippen molar-refractivity contribution < 1.29 is 14.3 Å². The van der Waals surface area contributed by atoms with Crippen molar-refractivity contribution in [1.29, 1.82) is 0 Å². The predicted octanol–water partition coefficient (Wildman–Crippen LogP) is 0.476. The Balaban J connectivity index is 2.73. The molecule has 5 heteroatoms. The van der Waals surface area contributed by atoms with Crippen molar-refractivity contribution in [3.05, 3.63) is 29.6 Å². The van der Waals surface area contributed by atoms with Gasteiger partial charge >= 0.3 is 0 Å². The van der Waals surface area contributed by atoms with Gasteiger partial charge < -0.3 is 15.7 Å². The van der Waals surface area contributed by atoms with Gasteiger partial charge in [0, 0.05) is 0 Å². The molecule has 4 nitrogen and oxygen atoms in total. The molecule has 1 rings (SSSR count). The summed E-state index contributed by atoms with van der Waals surface area (Å²) in [5.74, 6) is -0.862. The largest absolute Gasteiger partial charge is 0.392 e. The molecule has 0 radical (unpaired) electrons. The first-order valence-corrected chi connectivity index (χ1v) is 4.51. The Kier molecular flexibility index (Phi) is 4.20. The fraction of sp³-hybridized carbons (Fsp3) is 0.300. The molecule has 0 bridgehead atoms. The first-order chi connectivity index (χ1) is 7.17. The molecule has 0 spiro atoms. The number of likely N-dealkylation sites (N-methyl/N-ethyl adjacent to an activating group) is 1. The topological polar surface area (TPSA) is 61.4 Å².